The van der Waals surface area contributed by atoms with Gasteiger partial charge in [-0.15, -0.1) is 9.05 Å². The Balaban J connectivity index is 1.95. The molecule has 2 rings (SSSR count). The zero-order chi connectivity index (χ0) is 26.0. The fourth-order valence-electron chi connectivity index (χ4n) is 2.46. The first kappa shape index (κ1) is 28.4. The number of carbonyl (C=O) groups excluding carboxylic acids is 2. The van der Waals surface area contributed by atoms with E-state index in [0.717, 1.165) is 0 Å². The first-order valence-corrected chi connectivity index (χ1v) is 12.3. The molecule has 16 heteroatoms. The molecule has 2 heterocycles. The van der Waals surface area contributed by atoms with Crippen molar-refractivity contribution in [1.29, 1.82) is 0 Å². The van der Waals surface area contributed by atoms with Gasteiger partial charge in [-0.2, -0.15) is 4.89 Å². The summed E-state index contributed by atoms with van der Waals surface area (Å²) in [5, 5.41) is 0. The van der Waals surface area contributed by atoms with Gasteiger partial charge in [0.25, 0.3) is 0 Å². The third-order valence-corrected chi connectivity index (χ3v) is 5.42. The first-order valence-electron chi connectivity index (χ1n) is 10.6. The van der Waals surface area contributed by atoms with Crippen molar-refractivity contribution in [3.8, 4) is 0 Å². The lowest BCUT2D eigenvalue weighted by atomic mass is 10.4. The van der Waals surface area contributed by atoms with Gasteiger partial charge >= 0.3 is 20.3 Å². The minimum absolute atomic E-state index is 0.247. The second-order valence-electron chi connectivity index (χ2n) is 7.69. The summed E-state index contributed by atoms with van der Waals surface area (Å²) in [5.74, 6) is 0.247. The Labute approximate surface area is 202 Å². The molecule has 1 atom stereocenters. The molecule has 0 saturated heterocycles. The fourth-order valence-corrected chi connectivity index (χ4v) is 3.56. The molecule has 0 aromatic carbocycles. The summed E-state index contributed by atoms with van der Waals surface area (Å²) < 4.78 is 37.0. The number of anilines is 1. The Morgan fingerprint density at radius 3 is 2.11 bits per heavy atom. The van der Waals surface area contributed by atoms with Crippen LogP contribution < -0.4 is 5.73 Å². The Hall–Kier alpha value is -2.84. The summed E-state index contributed by atoms with van der Waals surface area (Å²) in [6.07, 6.45) is -0.872. The Bertz CT molecular complexity index is 945. The molecule has 0 aliphatic carbocycles. The first-order chi connectivity index (χ1) is 16.5. The number of carbonyl (C=O) groups is 2. The van der Waals surface area contributed by atoms with Crippen molar-refractivity contribution < 1.29 is 47.2 Å². The second kappa shape index (κ2) is 13.3. The quantitative estimate of drug-likeness (QED) is 0.223. The van der Waals surface area contributed by atoms with Crippen LogP contribution in [-0.2, 0) is 39.3 Å². The van der Waals surface area contributed by atoms with Gasteiger partial charge in [0.15, 0.2) is 11.5 Å². The zero-order valence-electron chi connectivity index (χ0n) is 20.2. The van der Waals surface area contributed by atoms with E-state index in [0.29, 0.717) is 17.7 Å². The van der Waals surface area contributed by atoms with Crippen LogP contribution in [0.15, 0.2) is 12.7 Å². The van der Waals surface area contributed by atoms with Gasteiger partial charge in [-0.05, 0) is 34.6 Å². The maximum absolute atomic E-state index is 11.5. The van der Waals surface area contributed by atoms with Gasteiger partial charge < -0.3 is 34.0 Å². The third kappa shape index (κ3) is 9.74. The van der Waals surface area contributed by atoms with Crippen LogP contribution in [0.4, 0.5) is 15.4 Å². The number of hydrogen-bond acceptors (Lipinski definition) is 14. The second-order valence-corrected chi connectivity index (χ2v) is 9.74. The molecule has 0 saturated carbocycles. The summed E-state index contributed by atoms with van der Waals surface area (Å²) in [6, 6.07) is 0. The molecule has 0 unspecified atom stereocenters. The number of nitrogen functional groups attached to an aromatic ring is 1. The van der Waals surface area contributed by atoms with Gasteiger partial charge in [0, 0.05) is 0 Å². The fraction of sp³-hybridized carbons (Fsp3) is 0.632. The Kier molecular flexibility index (Phi) is 10.8. The number of fused-ring (bicyclic) bond motifs is 1. The molecule has 3 N–H and O–H groups in total. The maximum Gasteiger partial charge on any atom is 0.510 e. The highest BCUT2D eigenvalue weighted by Crippen LogP contribution is 2.57. The normalized spacial score (nSPS) is 12.7. The standard InChI is InChI=1S/C19H31N5O10P/c1-12(2)33-18(25)28-9-31-35(27,32-10-29-19(26)34-13(3)4)11-30-14(5)6-24-8-23-15-16(20)21-7-22-17(15)24/h7-8,12-14,27H,6,9-11H2,1-5H3,(H2,20,21,22)/q+1/t14-/m1/s1. The molecule has 0 aliphatic heterocycles. The van der Waals surface area contributed by atoms with Crippen molar-refractivity contribution in [2.45, 2.75) is 59.5 Å². The average molecular weight is 520 g/mol. The van der Waals surface area contributed by atoms with Crippen LogP contribution in [0.3, 0.4) is 0 Å². The summed E-state index contributed by atoms with van der Waals surface area (Å²) in [5.41, 5.74) is 6.76. The van der Waals surface area contributed by atoms with E-state index < -0.39 is 58.5 Å². The lowest BCUT2D eigenvalue weighted by molar-refractivity contribution is -0.0444. The molecule has 0 radical (unpaired) electrons. The van der Waals surface area contributed by atoms with Gasteiger partial charge in [0.05, 0.1) is 31.2 Å². The average Bonchev–Trinajstić information content (AvgIpc) is 3.15. The monoisotopic (exact) mass is 520 g/mol. The lowest BCUT2D eigenvalue weighted by Crippen LogP contribution is -2.22. The predicted octanol–water partition coefficient (Wildman–Crippen LogP) is 2.60. The largest absolute Gasteiger partial charge is 0.510 e. The number of ether oxygens (including phenoxy) is 5. The van der Waals surface area contributed by atoms with E-state index in [1.54, 1.807) is 39.2 Å². The summed E-state index contributed by atoms with van der Waals surface area (Å²) in [4.78, 5) is 46.1. The highest BCUT2D eigenvalue weighted by atomic mass is 31.2. The molecule has 0 amide bonds. The van der Waals surface area contributed by atoms with Crippen LogP contribution in [0.5, 0.6) is 0 Å². The van der Waals surface area contributed by atoms with Gasteiger partial charge in [0.2, 0.25) is 19.9 Å². The van der Waals surface area contributed by atoms with Crippen molar-refractivity contribution in [2.24, 2.45) is 0 Å². The Morgan fingerprint density at radius 1 is 1.00 bits per heavy atom. The topological polar surface area (TPSA) is 189 Å². The molecule has 35 heavy (non-hydrogen) atoms. The number of imidazole rings is 1. The number of nitrogens with two attached hydrogens (primary N) is 1. The molecular weight excluding hydrogens is 489 g/mol. The maximum atomic E-state index is 11.5. The highest BCUT2D eigenvalue weighted by molar-refractivity contribution is 7.60. The van der Waals surface area contributed by atoms with Crippen LogP contribution in [0.1, 0.15) is 34.6 Å². The third-order valence-electron chi connectivity index (χ3n) is 3.93. The molecule has 196 valence electrons. The summed E-state index contributed by atoms with van der Waals surface area (Å²) in [7, 11) is -3.81. The van der Waals surface area contributed by atoms with E-state index in [4.69, 9.17) is 38.5 Å². The van der Waals surface area contributed by atoms with Crippen molar-refractivity contribution in [3.05, 3.63) is 12.7 Å². The van der Waals surface area contributed by atoms with Crippen molar-refractivity contribution >= 4 is 37.2 Å². The van der Waals surface area contributed by atoms with E-state index in [-0.39, 0.29) is 5.82 Å². The van der Waals surface area contributed by atoms with Crippen LogP contribution in [0.25, 0.3) is 11.2 Å². The molecule has 0 fully saturated rings. The Morgan fingerprint density at radius 2 is 1.57 bits per heavy atom. The number of nitrogens with zero attached hydrogens (tertiary/aromatic N) is 4. The SMILES string of the molecule is CC(C)OC(=O)OCO[P+](O)(CO[C@H](C)Cn1cnc2c(N)ncnc21)OCOC(=O)OC(C)C. The van der Waals surface area contributed by atoms with E-state index in [2.05, 4.69) is 15.0 Å². The van der Waals surface area contributed by atoms with Crippen molar-refractivity contribution in [1.82, 2.24) is 19.5 Å². The van der Waals surface area contributed by atoms with Gasteiger partial charge in [-0.3, -0.25) is 0 Å². The molecule has 0 bridgehead atoms. The number of aromatic nitrogens is 4. The number of hydrogen-bond donors (Lipinski definition) is 2. The lowest BCUT2D eigenvalue weighted by Gasteiger charge is -2.19. The predicted molar refractivity (Wildman–Crippen MR) is 122 cm³/mol. The highest BCUT2D eigenvalue weighted by Gasteiger charge is 2.44. The molecular formula is C19H31N5O10P+. The minimum Gasteiger partial charge on any atom is -0.432 e. The van der Waals surface area contributed by atoms with Crippen LogP contribution in [0, 0.1) is 0 Å². The molecule has 0 spiro atoms. The minimum atomic E-state index is -3.81. The van der Waals surface area contributed by atoms with E-state index in [1.807, 2.05) is 0 Å². The smallest absolute Gasteiger partial charge is 0.432 e. The van der Waals surface area contributed by atoms with Gasteiger partial charge in [0.1, 0.15) is 11.8 Å². The van der Waals surface area contributed by atoms with Crippen LogP contribution in [0.2, 0.25) is 0 Å². The van der Waals surface area contributed by atoms with Crippen molar-refractivity contribution in [2.75, 3.05) is 25.7 Å². The van der Waals surface area contributed by atoms with Crippen molar-refractivity contribution in [3.63, 3.8) is 0 Å². The van der Waals surface area contributed by atoms with Gasteiger partial charge in [-0.1, -0.05) is 0 Å². The molecule has 15 nitrogen and oxygen atoms in total. The summed E-state index contributed by atoms with van der Waals surface area (Å²) >= 11 is 0. The van der Waals surface area contributed by atoms with E-state index in [1.165, 1.54) is 12.7 Å². The van der Waals surface area contributed by atoms with Crippen LogP contribution >= 0.6 is 7.94 Å². The summed E-state index contributed by atoms with van der Waals surface area (Å²) in [6.45, 7) is 7.21. The van der Waals surface area contributed by atoms with E-state index in [9.17, 15) is 14.5 Å². The molecule has 2 aromatic rings. The number of rotatable bonds is 13. The molecule has 0 aliphatic rings. The van der Waals surface area contributed by atoms with Crippen LogP contribution in [-0.4, -0.2) is 75.0 Å². The van der Waals surface area contributed by atoms with E-state index >= 15 is 0 Å². The van der Waals surface area contributed by atoms with Gasteiger partial charge in [-0.25, -0.2) is 24.5 Å². The zero-order valence-corrected chi connectivity index (χ0v) is 21.0. The molecule has 2 aromatic heterocycles.